The predicted octanol–water partition coefficient (Wildman–Crippen LogP) is 1.72. The summed E-state index contributed by atoms with van der Waals surface area (Å²) in [5.41, 5.74) is 2.73. The third kappa shape index (κ3) is 5.39. The Morgan fingerprint density at radius 3 is 2.47 bits per heavy atom. The molecule has 1 amide bonds. The van der Waals surface area contributed by atoms with E-state index in [1.54, 1.807) is 12.1 Å². The number of halogens is 3. The molecule has 0 atom stereocenters. The number of amides is 1. The van der Waals surface area contributed by atoms with Gasteiger partial charge in [0.15, 0.2) is 4.75 Å². The largest absolute Gasteiger partial charge is 0.411 e. The number of hydrogen-bond donors (Lipinski definition) is 2. The number of carbonyl (C=O) groups excluding carboxylic acids is 1. The number of alkyl halides is 3. The van der Waals surface area contributed by atoms with Gasteiger partial charge in [-0.3, -0.25) is 15.0 Å². The third-order valence-electron chi connectivity index (χ3n) is 5.90. The van der Waals surface area contributed by atoms with Crippen LogP contribution in [0.5, 0.6) is 0 Å². The van der Waals surface area contributed by atoms with E-state index in [4.69, 9.17) is 9.94 Å². The normalized spacial score (nSPS) is 20.8. The van der Waals surface area contributed by atoms with E-state index in [0.717, 1.165) is 5.69 Å². The second-order valence-corrected chi connectivity index (χ2v) is 10.2. The lowest BCUT2D eigenvalue weighted by atomic mass is 9.94. The van der Waals surface area contributed by atoms with E-state index in [1.807, 2.05) is 0 Å². The Kier molecular flexibility index (Phi) is 7.76. The average Bonchev–Trinajstić information content (AvgIpc) is 2.78. The number of aromatic nitrogens is 1. The second-order valence-electron chi connectivity index (χ2n) is 7.93. The zero-order valence-corrected chi connectivity index (χ0v) is 18.1. The zero-order valence-electron chi connectivity index (χ0n) is 17.3. The quantitative estimate of drug-likeness (QED) is 0.450. The fraction of sp³-hybridized carbons (Fsp3) is 0.684. The molecule has 2 fully saturated rings. The maximum Gasteiger partial charge on any atom is 0.411 e. The fourth-order valence-corrected chi connectivity index (χ4v) is 6.24. The number of nitrogens with zero attached hydrogens (tertiary/aromatic N) is 2. The summed E-state index contributed by atoms with van der Waals surface area (Å²) in [6.07, 6.45) is -2.06. The first-order valence-electron chi connectivity index (χ1n) is 10.2. The molecule has 0 radical (unpaired) electrons. The molecular formula is C19H26F3N3O6S. The summed E-state index contributed by atoms with van der Waals surface area (Å²) >= 11 is 0. The van der Waals surface area contributed by atoms with Crippen molar-refractivity contribution >= 4 is 15.9 Å². The van der Waals surface area contributed by atoms with Gasteiger partial charge in [-0.25, -0.2) is 18.2 Å². The minimum absolute atomic E-state index is 0.0242. The molecule has 2 aliphatic rings. The van der Waals surface area contributed by atoms with Crippen LogP contribution in [-0.2, 0) is 30.9 Å². The van der Waals surface area contributed by atoms with E-state index in [0.29, 0.717) is 18.4 Å². The SMILES string of the molecule is O=C(NO)C1(S(=O)(=O)N2CCC(c3ccc(COCC(F)(F)F)cn3)CC2)CCOCC1. The molecule has 3 heterocycles. The Morgan fingerprint density at radius 1 is 1.28 bits per heavy atom. The molecule has 9 nitrogen and oxygen atoms in total. The van der Waals surface area contributed by atoms with Gasteiger partial charge >= 0.3 is 6.18 Å². The van der Waals surface area contributed by atoms with Crippen molar-refractivity contribution in [2.24, 2.45) is 0 Å². The highest BCUT2D eigenvalue weighted by Gasteiger charge is 2.54. The van der Waals surface area contributed by atoms with Crippen LogP contribution in [-0.4, -0.2) is 72.7 Å². The highest BCUT2D eigenvalue weighted by Crippen LogP contribution is 2.36. The van der Waals surface area contributed by atoms with Crippen LogP contribution in [0.2, 0.25) is 0 Å². The average molecular weight is 481 g/mol. The molecule has 0 saturated carbocycles. The number of ether oxygens (including phenoxy) is 2. The number of rotatable bonds is 7. The van der Waals surface area contributed by atoms with Crippen LogP contribution in [0.15, 0.2) is 18.3 Å². The maximum absolute atomic E-state index is 13.3. The van der Waals surface area contributed by atoms with Gasteiger partial charge in [0.25, 0.3) is 5.91 Å². The number of sulfonamides is 1. The molecule has 13 heteroatoms. The number of hydrogen-bond acceptors (Lipinski definition) is 7. The lowest BCUT2D eigenvalue weighted by Crippen LogP contribution is -2.60. The van der Waals surface area contributed by atoms with E-state index in [2.05, 4.69) is 9.72 Å². The van der Waals surface area contributed by atoms with Gasteiger partial charge in [0.2, 0.25) is 10.0 Å². The molecule has 2 aliphatic heterocycles. The summed E-state index contributed by atoms with van der Waals surface area (Å²) < 4.78 is 72.5. The molecule has 0 aromatic carbocycles. The first-order chi connectivity index (χ1) is 15.1. The van der Waals surface area contributed by atoms with Gasteiger partial charge in [-0.2, -0.15) is 13.2 Å². The summed E-state index contributed by atoms with van der Waals surface area (Å²) in [7, 11) is -4.04. The predicted molar refractivity (Wildman–Crippen MR) is 105 cm³/mol. The van der Waals surface area contributed by atoms with E-state index in [-0.39, 0.29) is 51.7 Å². The molecule has 180 valence electrons. The number of piperidine rings is 1. The van der Waals surface area contributed by atoms with E-state index in [9.17, 15) is 26.4 Å². The molecule has 0 bridgehead atoms. The van der Waals surface area contributed by atoms with Crippen molar-refractivity contribution in [3.05, 3.63) is 29.6 Å². The zero-order chi connectivity index (χ0) is 23.4. The van der Waals surface area contributed by atoms with Crippen LogP contribution < -0.4 is 5.48 Å². The maximum atomic E-state index is 13.3. The van der Waals surface area contributed by atoms with Crippen molar-refractivity contribution in [3.63, 3.8) is 0 Å². The van der Waals surface area contributed by atoms with Gasteiger partial charge < -0.3 is 9.47 Å². The number of hydroxylamine groups is 1. The summed E-state index contributed by atoms with van der Waals surface area (Å²) in [6.45, 7) is -0.956. The van der Waals surface area contributed by atoms with Crippen molar-refractivity contribution in [1.29, 1.82) is 0 Å². The molecule has 2 N–H and O–H groups in total. The smallest absolute Gasteiger partial charge is 0.381 e. The lowest BCUT2D eigenvalue weighted by Gasteiger charge is -2.40. The number of nitrogens with one attached hydrogen (secondary N) is 1. The van der Waals surface area contributed by atoms with Gasteiger partial charge in [0.05, 0.1) is 6.61 Å². The van der Waals surface area contributed by atoms with Crippen molar-refractivity contribution < 1.29 is 41.1 Å². The molecule has 3 rings (SSSR count). The molecule has 0 aliphatic carbocycles. The van der Waals surface area contributed by atoms with E-state index < -0.39 is 33.5 Å². The molecule has 1 aromatic rings. The van der Waals surface area contributed by atoms with Crippen molar-refractivity contribution in [2.45, 2.75) is 49.1 Å². The number of carbonyl (C=O) groups is 1. The van der Waals surface area contributed by atoms with Crippen LogP contribution in [0.1, 0.15) is 42.9 Å². The lowest BCUT2D eigenvalue weighted by molar-refractivity contribution is -0.176. The Balaban J connectivity index is 1.61. The molecule has 0 spiro atoms. The Bertz CT molecular complexity index is 881. The Morgan fingerprint density at radius 2 is 1.94 bits per heavy atom. The summed E-state index contributed by atoms with van der Waals surface area (Å²) in [6, 6.07) is 3.35. The van der Waals surface area contributed by atoms with Crippen LogP contribution in [0, 0.1) is 0 Å². The minimum Gasteiger partial charge on any atom is -0.381 e. The summed E-state index contributed by atoms with van der Waals surface area (Å²) in [5.74, 6) is -0.975. The molecule has 0 unspecified atom stereocenters. The summed E-state index contributed by atoms with van der Waals surface area (Å²) in [5, 5.41) is 9.12. The minimum atomic E-state index is -4.39. The van der Waals surface area contributed by atoms with Crippen LogP contribution in [0.3, 0.4) is 0 Å². The van der Waals surface area contributed by atoms with Gasteiger partial charge in [-0.05, 0) is 24.5 Å². The van der Waals surface area contributed by atoms with Gasteiger partial charge in [-0.1, -0.05) is 6.07 Å². The van der Waals surface area contributed by atoms with Gasteiger partial charge in [0, 0.05) is 57.0 Å². The molecule has 2 saturated heterocycles. The molecule has 32 heavy (non-hydrogen) atoms. The van der Waals surface area contributed by atoms with Crippen LogP contribution in [0.4, 0.5) is 13.2 Å². The highest BCUT2D eigenvalue weighted by molar-refractivity contribution is 7.91. The van der Waals surface area contributed by atoms with Crippen LogP contribution in [0.25, 0.3) is 0 Å². The molecular weight excluding hydrogens is 455 g/mol. The third-order valence-corrected chi connectivity index (χ3v) is 8.53. The van der Waals surface area contributed by atoms with Crippen molar-refractivity contribution in [3.8, 4) is 0 Å². The second kappa shape index (κ2) is 10.00. The Hall–Kier alpha value is -1.80. The first-order valence-corrected chi connectivity index (χ1v) is 11.6. The summed E-state index contributed by atoms with van der Waals surface area (Å²) in [4.78, 5) is 16.6. The highest BCUT2D eigenvalue weighted by atomic mass is 32.2. The Labute approximate surface area is 183 Å². The first kappa shape index (κ1) is 24.8. The van der Waals surface area contributed by atoms with E-state index >= 15 is 0 Å². The van der Waals surface area contributed by atoms with E-state index in [1.165, 1.54) is 16.0 Å². The monoisotopic (exact) mass is 481 g/mol. The topological polar surface area (TPSA) is 118 Å². The van der Waals surface area contributed by atoms with Gasteiger partial charge in [0.1, 0.15) is 6.61 Å². The number of pyridine rings is 1. The standard InChI is InChI=1S/C19H26F3N3O6S/c20-19(21,22)13-31-12-14-1-2-16(23-11-14)15-3-7-25(8-4-15)32(28,29)18(17(26)24-27)5-9-30-10-6-18/h1-2,11,15,27H,3-10,12-13H2,(H,24,26). The van der Waals surface area contributed by atoms with Crippen LogP contribution >= 0.6 is 0 Å². The van der Waals surface area contributed by atoms with Crippen molar-refractivity contribution in [2.75, 3.05) is 32.9 Å². The van der Waals surface area contributed by atoms with Crippen molar-refractivity contribution in [1.82, 2.24) is 14.8 Å². The fourth-order valence-electron chi connectivity index (χ4n) is 4.09. The molecule has 1 aromatic heterocycles. The van der Waals surface area contributed by atoms with Gasteiger partial charge in [-0.15, -0.1) is 0 Å².